The van der Waals surface area contributed by atoms with Crippen molar-refractivity contribution in [1.29, 1.82) is 0 Å². The van der Waals surface area contributed by atoms with Crippen LogP contribution in [0.4, 0.5) is 11.4 Å². The number of amides is 2. The molecule has 31 heavy (non-hydrogen) atoms. The number of pyridine rings is 1. The van der Waals surface area contributed by atoms with Crippen molar-refractivity contribution in [1.82, 2.24) is 4.98 Å². The van der Waals surface area contributed by atoms with Gasteiger partial charge in [-0.05, 0) is 68.3 Å². The minimum absolute atomic E-state index is 0.137. The number of aromatic nitrogens is 1. The highest BCUT2D eigenvalue weighted by molar-refractivity contribution is 9.10. The number of anilines is 2. The number of carbonyl (C=O) groups excluding carboxylic acids is 2. The topological polar surface area (TPSA) is 80.3 Å². The first kappa shape index (κ1) is 21.2. The average molecular weight is 480 g/mol. The molecule has 0 aliphatic carbocycles. The molecule has 2 heterocycles. The lowest BCUT2D eigenvalue weighted by molar-refractivity contribution is -0.124. The maximum absolute atomic E-state index is 12.7. The van der Waals surface area contributed by atoms with E-state index in [0.29, 0.717) is 29.2 Å². The Hall–Kier alpha value is -3.03. The average Bonchev–Trinajstić information content (AvgIpc) is 3.30. The Balaban J connectivity index is 1.41. The molecule has 7 heteroatoms. The molecule has 1 fully saturated rings. The van der Waals surface area contributed by atoms with Crippen LogP contribution < -0.4 is 10.6 Å². The highest BCUT2D eigenvalue weighted by Crippen LogP contribution is 2.23. The van der Waals surface area contributed by atoms with E-state index < -0.39 is 0 Å². The van der Waals surface area contributed by atoms with Crippen LogP contribution in [0.25, 0.3) is 11.3 Å². The summed E-state index contributed by atoms with van der Waals surface area (Å²) in [6.07, 6.45) is 1.27. The van der Waals surface area contributed by atoms with Gasteiger partial charge in [0.25, 0.3) is 11.8 Å². The number of hydrogen-bond acceptors (Lipinski definition) is 4. The summed E-state index contributed by atoms with van der Waals surface area (Å²) in [7, 11) is 0. The number of carbonyl (C=O) groups is 2. The molecule has 1 aliphatic heterocycles. The maximum Gasteiger partial charge on any atom is 0.257 e. The Morgan fingerprint density at radius 1 is 1.03 bits per heavy atom. The molecule has 1 atom stereocenters. The smallest absolute Gasteiger partial charge is 0.257 e. The predicted octanol–water partition coefficient (Wildman–Crippen LogP) is 5.19. The largest absolute Gasteiger partial charge is 0.368 e. The van der Waals surface area contributed by atoms with Crippen LogP contribution >= 0.6 is 15.9 Å². The molecule has 0 spiro atoms. The highest BCUT2D eigenvalue weighted by Gasteiger charge is 2.23. The number of aryl methyl sites for hydroxylation is 1. The van der Waals surface area contributed by atoms with E-state index in [2.05, 4.69) is 31.5 Å². The number of halogens is 1. The molecular formula is C24H22BrN3O3. The number of benzene rings is 2. The van der Waals surface area contributed by atoms with Crippen LogP contribution in [-0.2, 0) is 9.53 Å². The summed E-state index contributed by atoms with van der Waals surface area (Å²) >= 11 is 3.47. The Bertz CT molecular complexity index is 1110. The van der Waals surface area contributed by atoms with Crippen LogP contribution in [0.5, 0.6) is 0 Å². The molecule has 1 aromatic heterocycles. The summed E-state index contributed by atoms with van der Waals surface area (Å²) in [6, 6.07) is 18.5. The van der Waals surface area contributed by atoms with Gasteiger partial charge < -0.3 is 15.4 Å². The SMILES string of the molecule is Cc1nc(-c2cccc(Br)c2)ccc1C(=O)Nc1ccc(NC(=O)[C@H]2CCCO2)cc1. The van der Waals surface area contributed by atoms with Gasteiger partial charge in [-0.15, -0.1) is 0 Å². The summed E-state index contributed by atoms with van der Waals surface area (Å²) in [5.74, 6) is -0.372. The minimum Gasteiger partial charge on any atom is -0.368 e. The molecule has 1 aliphatic rings. The van der Waals surface area contributed by atoms with Crippen molar-refractivity contribution in [2.24, 2.45) is 0 Å². The van der Waals surface area contributed by atoms with Crippen molar-refractivity contribution in [3.05, 3.63) is 76.4 Å². The fraction of sp³-hybridized carbons (Fsp3) is 0.208. The third kappa shape index (κ3) is 5.18. The van der Waals surface area contributed by atoms with Gasteiger partial charge in [-0.25, -0.2) is 0 Å². The molecule has 158 valence electrons. The van der Waals surface area contributed by atoms with E-state index in [4.69, 9.17) is 4.74 Å². The third-order valence-electron chi connectivity index (χ3n) is 5.08. The standard InChI is InChI=1S/C24H22BrN3O3/c1-15-20(11-12-21(26-15)16-4-2-5-17(25)14-16)23(29)27-18-7-9-19(10-8-18)28-24(30)22-6-3-13-31-22/h2,4-5,7-12,14,22H,3,6,13H2,1H3,(H,27,29)(H,28,30)/t22-/m1/s1. The van der Waals surface area contributed by atoms with Gasteiger partial charge in [0, 0.05) is 28.0 Å². The van der Waals surface area contributed by atoms with Crippen molar-refractivity contribution >= 4 is 39.1 Å². The predicted molar refractivity (Wildman–Crippen MR) is 124 cm³/mol. The second-order valence-electron chi connectivity index (χ2n) is 7.36. The summed E-state index contributed by atoms with van der Waals surface area (Å²) in [5, 5.41) is 5.72. The summed E-state index contributed by atoms with van der Waals surface area (Å²) in [4.78, 5) is 29.5. The Kier molecular flexibility index (Phi) is 6.44. The number of hydrogen-bond donors (Lipinski definition) is 2. The van der Waals surface area contributed by atoms with E-state index in [0.717, 1.165) is 28.6 Å². The van der Waals surface area contributed by atoms with Crippen LogP contribution in [0, 0.1) is 6.92 Å². The molecule has 3 aromatic rings. The molecule has 0 bridgehead atoms. The molecule has 0 unspecified atom stereocenters. The van der Waals surface area contributed by atoms with E-state index in [1.807, 2.05) is 37.3 Å². The van der Waals surface area contributed by atoms with Gasteiger partial charge in [0.1, 0.15) is 6.10 Å². The second kappa shape index (κ2) is 9.41. The summed E-state index contributed by atoms with van der Waals surface area (Å²) in [6.45, 7) is 2.45. The van der Waals surface area contributed by atoms with Gasteiger partial charge in [0.15, 0.2) is 0 Å². The normalized spacial score (nSPS) is 15.5. The molecule has 4 rings (SSSR count). The van der Waals surface area contributed by atoms with E-state index in [1.165, 1.54) is 0 Å². The number of nitrogens with one attached hydrogen (secondary N) is 2. The first-order chi connectivity index (χ1) is 15.0. The van der Waals surface area contributed by atoms with Gasteiger partial charge in [0.05, 0.1) is 17.0 Å². The third-order valence-corrected chi connectivity index (χ3v) is 5.58. The van der Waals surface area contributed by atoms with Crippen LogP contribution in [0.2, 0.25) is 0 Å². The fourth-order valence-electron chi connectivity index (χ4n) is 3.45. The Morgan fingerprint density at radius 3 is 2.42 bits per heavy atom. The lowest BCUT2D eigenvalue weighted by atomic mass is 10.1. The molecule has 2 amide bonds. The van der Waals surface area contributed by atoms with Crippen LogP contribution in [0.15, 0.2) is 65.1 Å². The fourth-order valence-corrected chi connectivity index (χ4v) is 3.85. The van der Waals surface area contributed by atoms with E-state index in [1.54, 1.807) is 30.3 Å². The number of ether oxygens (including phenoxy) is 1. The molecule has 2 aromatic carbocycles. The van der Waals surface area contributed by atoms with Crippen molar-refractivity contribution in [3.8, 4) is 11.3 Å². The van der Waals surface area contributed by atoms with Gasteiger partial charge in [-0.3, -0.25) is 14.6 Å². The van der Waals surface area contributed by atoms with E-state index in [-0.39, 0.29) is 17.9 Å². The van der Waals surface area contributed by atoms with Gasteiger partial charge in [-0.1, -0.05) is 28.1 Å². The zero-order valence-corrected chi connectivity index (χ0v) is 18.6. The van der Waals surface area contributed by atoms with Crippen LogP contribution in [0.1, 0.15) is 28.9 Å². The minimum atomic E-state index is -0.380. The van der Waals surface area contributed by atoms with Gasteiger partial charge in [-0.2, -0.15) is 0 Å². The number of rotatable bonds is 5. The van der Waals surface area contributed by atoms with Crippen molar-refractivity contribution in [2.45, 2.75) is 25.9 Å². The molecule has 0 saturated carbocycles. The molecule has 2 N–H and O–H groups in total. The van der Waals surface area contributed by atoms with Crippen molar-refractivity contribution in [3.63, 3.8) is 0 Å². The summed E-state index contributed by atoms with van der Waals surface area (Å²) in [5.41, 5.74) is 4.24. The lowest BCUT2D eigenvalue weighted by Crippen LogP contribution is -2.26. The summed E-state index contributed by atoms with van der Waals surface area (Å²) < 4.78 is 6.36. The Morgan fingerprint density at radius 2 is 1.77 bits per heavy atom. The monoisotopic (exact) mass is 479 g/mol. The lowest BCUT2D eigenvalue weighted by Gasteiger charge is -2.12. The maximum atomic E-state index is 12.7. The first-order valence-corrected chi connectivity index (χ1v) is 10.9. The van der Waals surface area contributed by atoms with E-state index >= 15 is 0 Å². The number of nitrogens with zero attached hydrogens (tertiary/aromatic N) is 1. The zero-order valence-electron chi connectivity index (χ0n) is 17.0. The van der Waals surface area contributed by atoms with Crippen molar-refractivity contribution in [2.75, 3.05) is 17.2 Å². The zero-order chi connectivity index (χ0) is 21.8. The second-order valence-corrected chi connectivity index (χ2v) is 8.28. The van der Waals surface area contributed by atoms with Crippen LogP contribution in [0.3, 0.4) is 0 Å². The molecule has 0 radical (unpaired) electrons. The van der Waals surface area contributed by atoms with Crippen molar-refractivity contribution < 1.29 is 14.3 Å². The highest BCUT2D eigenvalue weighted by atomic mass is 79.9. The molecular weight excluding hydrogens is 458 g/mol. The molecule has 1 saturated heterocycles. The van der Waals surface area contributed by atoms with E-state index in [9.17, 15) is 9.59 Å². The van der Waals surface area contributed by atoms with Gasteiger partial charge >= 0.3 is 0 Å². The van der Waals surface area contributed by atoms with Gasteiger partial charge in [0.2, 0.25) is 0 Å². The Labute approximate surface area is 189 Å². The quantitative estimate of drug-likeness (QED) is 0.527. The first-order valence-electron chi connectivity index (χ1n) is 10.1. The molecule has 6 nitrogen and oxygen atoms in total. The van der Waals surface area contributed by atoms with Crippen LogP contribution in [-0.4, -0.2) is 29.5 Å².